The second kappa shape index (κ2) is 5.46. The number of carbonyl (C=O) groups is 1. The standard InChI is InChI=1S/C15H14N2O2S/c1-10-16-13-9-11(4-6-14(13)19-10)17-15(18)7-5-12-3-2-8-20-12/h2-4,6,8-9H,5,7H2,1H3,(H,17,18). The lowest BCUT2D eigenvalue weighted by Gasteiger charge is -2.04. The van der Waals surface area contributed by atoms with Crippen LogP contribution in [0.5, 0.6) is 0 Å². The summed E-state index contributed by atoms with van der Waals surface area (Å²) in [4.78, 5) is 17.4. The Kier molecular flexibility index (Phi) is 3.52. The largest absolute Gasteiger partial charge is 0.441 e. The van der Waals surface area contributed by atoms with Crippen LogP contribution in [0.3, 0.4) is 0 Å². The molecule has 0 spiro atoms. The summed E-state index contributed by atoms with van der Waals surface area (Å²) in [7, 11) is 0. The third kappa shape index (κ3) is 2.88. The molecule has 0 aliphatic carbocycles. The van der Waals surface area contributed by atoms with Gasteiger partial charge in [0.2, 0.25) is 5.91 Å². The van der Waals surface area contributed by atoms with Crippen LogP contribution in [0, 0.1) is 6.92 Å². The highest BCUT2D eigenvalue weighted by atomic mass is 32.1. The molecule has 0 radical (unpaired) electrons. The molecular formula is C15H14N2O2S. The normalized spacial score (nSPS) is 10.8. The van der Waals surface area contributed by atoms with Gasteiger partial charge in [0.1, 0.15) is 5.52 Å². The van der Waals surface area contributed by atoms with Crippen molar-refractivity contribution in [1.29, 1.82) is 0 Å². The van der Waals surface area contributed by atoms with Crippen molar-refractivity contribution in [1.82, 2.24) is 4.98 Å². The van der Waals surface area contributed by atoms with E-state index < -0.39 is 0 Å². The Bertz CT molecular complexity index is 732. The number of nitrogens with one attached hydrogen (secondary N) is 1. The van der Waals surface area contributed by atoms with Crippen LogP contribution in [-0.4, -0.2) is 10.9 Å². The molecule has 1 aromatic carbocycles. The summed E-state index contributed by atoms with van der Waals surface area (Å²) in [5, 5.41) is 4.91. The minimum Gasteiger partial charge on any atom is -0.441 e. The van der Waals surface area contributed by atoms with Crippen LogP contribution in [0.2, 0.25) is 0 Å². The van der Waals surface area contributed by atoms with Crippen molar-refractivity contribution in [2.75, 3.05) is 5.32 Å². The summed E-state index contributed by atoms with van der Waals surface area (Å²) in [6.07, 6.45) is 1.26. The van der Waals surface area contributed by atoms with Crippen molar-refractivity contribution in [2.24, 2.45) is 0 Å². The van der Waals surface area contributed by atoms with Gasteiger partial charge in [-0.2, -0.15) is 0 Å². The van der Waals surface area contributed by atoms with Crippen LogP contribution in [0.15, 0.2) is 40.1 Å². The van der Waals surface area contributed by atoms with E-state index in [-0.39, 0.29) is 5.91 Å². The lowest BCUT2D eigenvalue weighted by Crippen LogP contribution is -2.11. The van der Waals surface area contributed by atoms with Gasteiger partial charge < -0.3 is 9.73 Å². The average molecular weight is 286 g/mol. The van der Waals surface area contributed by atoms with Crippen LogP contribution in [0.4, 0.5) is 5.69 Å². The van der Waals surface area contributed by atoms with Crippen molar-refractivity contribution < 1.29 is 9.21 Å². The maximum absolute atomic E-state index is 11.9. The summed E-state index contributed by atoms with van der Waals surface area (Å²) in [5.74, 6) is 0.638. The Morgan fingerprint density at radius 2 is 2.30 bits per heavy atom. The van der Waals surface area contributed by atoms with Crippen LogP contribution in [0.25, 0.3) is 11.1 Å². The fraction of sp³-hybridized carbons (Fsp3) is 0.200. The van der Waals surface area contributed by atoms with Crippen molar-refractivity contribution in [3.8, 4) is 0 Å². The van der Waals surface area contributed by atoms with E-state index in [0.717, 1.165) is 23.2 Å². The molecule has 20 heavy (non-hydrogen) atoms. The fourth-order valence-electron chi connectivity index (χ4n) is 2.04. The van der Waals surface area contributed by atoms with Gasteiger partial charge in [0.05, 0.1) is 0 Å². The predicted molar refractivity (Wildman–Crippen MR) is 80.0 cm³/mol. The van der Waals surface area contributed by atoms with Gasteiger partial charge in [0, 0.05) is 23.9 Å². The van der Waals surface area contributed by atoms with E-state index in [0.29, 0.717) is 12.3 Å². The lowest BCUT2D eigenvalue weighted by molar-refractivity contribution is -0.116. The highest BCUT2D eigenvalue weighted by Gasteiger charge is 2.07. The van der Waals surface area contributed by atoms with Gasteiger partial charge in [-0.3, -0.25) is 4.79 Å². The average Bonchev–Trinajstić information content (AvgIpc) is 3.04. The molecule has 1 amide bonds. The smallest absolute Gasteiger partial charge is 0.224 e. The first kappa shape index (κ1) is 12.9. The zero-order valence-corrected chi connectivity index (χ0v) is 11.9. The van der Waals surface area contributed by atoms with Gasteiger partial charge in [-0.1, -0.05) is 6.07 Å². The number of aryl methyl sites for hydroxylation is 2. The maximum atomic E-state index is 11.9. The number of oxazole rings is 1. The second-order valence-electron chi connectivity index (χ2n) is 4.54. The van der Waals surface area contributed by atoms with Crippen molar-refractivity contribution in [3.63, 3.8) is 0 Å². The second-order valence-corrected chi connectivity index (χ2v) is 5.58. The number of amides is 1. The van der Waals surface area contributed by atoms with Crippen LogP contribution in [-0.2, 0) is 11.2 Å². The molecule has 0 saturated carbocycles. The Hall–Kier alpha value is -2.14. The molecule has 2 heterocycles. The molecule has 3 aromatic rings. The number of hydrogen-bond acceptors (Lipinski definition) is 4. The van der Waals surface area contributed by atoms with E-state index in [1.165, 1.54) is 4.88 Å². The number of fused-ring (bicyclic) bond motifs is 1. The first-order valence-corrected chi connectivity index (χ1v) is 7.28. The van der Waals surface area contributed by atoms with Crippen molar-refractivity contribution in [3.05, 3.63) is 46.5 Å². The zero-order chi connectivity index (χ0) is 13.9. The van der Waals surface area contributed by atoms with E-state index in [2.05, 4.69) is 10.3 Å². The monoisotopic (exact) mass is 286 g/mol. The number of nitrogens with zero attached hydrogens (tertiary/aromatic N) is 1. The van der Waals surface area contributed by atoms with Gasteiger partial charge in [0.25, 0.3) is 0 Å². The quantitative estimate of drug-likeness (QED) is 0.794. The van der Waals surface area contributed by atoms with Crippen LogP contribution < -0.4 is 5.32 Å². The molecule has 2 aromatic heterocycles. The van der Waals surface area contributed by atoms with E-state index in [9.17, 15) is 4.79 Å². The van der Waals surface area contributed by atoms with Gasteiger partial charge in [-0.05, 0) is 36.1 Å². The molecule has 0 atom stereocenters. The summed E-state index contributed by atoms with van der Waals surface area (Å²) in [6, 6.07) is 9.52. The zero-order valence-electron chi connectivity index (χ0n) is 11.1. The summed E-state index contributed by atoms with van der Waals surface area (Å²) in [5.41, 5.74) is 2.25. The minimum atomic E-state index is 0.0120. The van der Waals surface area contributed by atoms with Gasteiger partial charge in [0.15, 0.2) is 11.5 Å². The summed E-state index contributed by atoms with van der Waals surface area (Å²) >= 11 is 1.67. The minimum absolute atomic E-state index is 0.0120. The number of hydrogen-bond donors (Lipinski definition) is 1. The predicted octanol–water partition coefficient (Wildman–Crippen LogP) is 3.77. The SMILES string of the molecule is Cc1nc2cc(NC(=O)CCc3cccs3)ccc2o1. The molecule has 3 rings (SSSR count). The first-order valence-electron chi connectivity index (χ1n) is 6.40. The lowest BCUT2D eigenvalue weighted by atomic mass is 10.2. The van der Waals surface area contributed by atoms with Crippen molar-refractivity contribution in [2.45, 2.75) is 19.8 Å². The Morgan fingerprint density at radius 1 is 1.40 bits per heavy atom. The maximum Gasteiger partial charge on any atom is 0.224 e. The molecule has 0 aliphatic rings. The number of thiophene rings is 1. The molecule has 1 N–H and O–H groups in total. The number of aromatic nitrogens is 1. The number of rotatable bonds is 4. The van der Waals surface area contributed by atoms with Crippen LogP contribution in [0.1, 0.15) is 17.2 Å². The van der Waals surface area contributed by atoms with Gasteiger partial charge in [-0.15, -0.1) is 11.3 Å². The van der Waals surface area contributed by atoms with Crippen molar-refractivity contribution >= 4 is 34.0 Å². The molecule has 102 valence electrons. The molecule has 0 unspecified atom stereocenters. The number of benzene rings is 1. The van der Waals surface area contributed by atoms with Crippen LogP contribution >= 0.6 is 11.3 Å². The summed E-state index contributed by atoms with van der Waals surface area (Å²) in [6.45, 7) is 1.80. The number of carbonyl (C=O) groups excluding carboxylic acids is 1. The van der Waals surface area contributed by atoms with E-state index in [1.807, 2.05) is 35.7 Å². The third-order valence-corrected chi connectivity index (χ3v) is 3.89. The molecule has 0 aliphatic heterocycles. The fourth-order valence-corrected chi connectivity index (χ4v) is 2.74. The topological polar surface area (TPSA) is 55.1 Å². The molecule has 0 bridgehead atoms. The van der Waals surface area contributed by atoms with Gasteiger partial charge >= 0.3 is 0 Å². The highest BCUT2D eigenvalue weighted by Crippen LogP contribution is 2.20. The van der Waals surface area contributed by atoms with E-state index in [1.54, 1.807) is 18.3 Å². The third-order valence-electron chi connectivity index (χ3n) is 2.96. The van der Waals surface area contributed by atoms with E-state index in [4.69, 9.17) is 4.42 Å². The Labute approximate surface area is 120 Å². The molecule has 0 saturated heterocycles. The summed E-state index contributed by atoms with van der Waals surface area (Å²) < 4.78 is 5.40. The van der Waals surface area contributed by atoms with E-state index >= 15 is 0 Å². The molecular weight excluding hydrogens is 272 g/mol. The Morgan fingerprint density at radius 3 is 3.10 bits per heavy atom. The molecule has 4 nitrogen and oxygen atoms in total. The molecule has 5 heteroatoms. The Balaban J connectivity index is 1.64. The first-order chi connectivity index (χ1) is 9.70. The highest BCUT2D eigenvalue weighted by molar-refractivity contribution is 7.09. The van der Waals surface area contributed by atoms with Gasteiger partial charge in [-0.25, -0.2) is 4.98 Å². The molecule has 0 fully saturated rings. The number of anilines is 1.